The Hall–Kier alpha value is -1.98. The van der Waals surface area contributed by atoms with Crippen molar-refractivity contribution in [3.8, 4) is 5.75 Å². The monoisotopic (exact) mass is 342 g/mol. The second-order valence-corrected chi connectivity index (χ2v) is 6.99. The van der Waals surface area contributed by atoms with Crippen molar-refractivity contribution in [2.45, 2.75) is 35.1 Å². The Kier molecular flexibility index (Phi) is 5.77. The number of amides is 1. The van der Waals surface area contributed by atoms with E-state index in [1.54, 1.807) is 18.9 Å². The van der Waals surface area contributed by atoms with E-state index in [2.05, 4.69) is 10.6 Å². The van der Waals surface area contributed by atoms with Crippen LogP contribution in [-0.2, 0) is 4.79 Å². The lowest BCUT2D eigenvalue weighted by molar-refractivity contribution is -0.116. The summed E-state index contributed by atoms with van der Waals surface area (Å²) < 4.78 is 5.17. The minimum atomic E-state index is 0.0740. The van der Waals surface area contributed by atoms with Crippen LogP contribution in [0.5, 0.6) is 5.75 Å². The molecule has 1 aliphatic rings. The maximum absolute atomic E-state index is 12.0. The smallest absolute Gasteiger partial charge is 0.225 e. The Morgan fingerprint density at radius 2 is 1.83 bits per heavy atom. The first-order valence-electron chi connectivity index (χ1n) is 8.18. The molecule has 4 nitrogen and oxygen atoms in total. The van der Waals surface area contributed by atoms with E-state index in [0.29, 0.717) is 12.5 Å². The summed E-state index contributed by atoms with van der Waals surface area (Å²) in [7, 11) is 1.66. The van der Waals surface area contributed by atoms with Gasteiger partial charge in [-0.25, -0.2) is 0 Å². The summed E-state index contributed by atoms with van der Waals surface area (Å²) in [6.45, 7) is 1.02. The Bertz CT molecular complexity index is 665. The van der Waals surface area contributed by atoms with Crippen LogP contribution in [0.15, 0.2) is 58.3 Å². The fraction of sp³-hybridized carbons (Fsp3) is 0.316. The lowest BCUT2D eigenvalue weighted by Crippen LogP contribution is -2.27. The van der Waals surface area contributed by atoms with Crippen LogP contribution in [0.2, 0.25) is 0 Å². The zero-order valence-corrected chi connectivity index (χ0v) is 14.6. The van der Waals surface area contributed by atoms with Gasteiger partial charge in [0.25, 0.3) is 0 Å². The molecule has 5 heteroatoms. The minimum Gasteiger partial charge on any atom is -0.497 e. The van der Waals surface area contributed by atoms with E-state index in [-0.39, 0.29) is 5.91 Å². The van der Waals surface area contributed by atoms with Crippen LogP contribution in [0.4, 0.5) is 5.69 Å². The first-order chi connectivity index (χ1) is 11.7. The molecule has 2 aromatic carbocycles. The lowest BCUT2D eigenvalue weighted by atomic mass is 10.1. The topological polar surface area (TPSA) is 50.4 Å². The third-order valence-electron chi connectivity index (χ3n) is 4.03. The number of rotatable bonds is 6. The fourth-order valence-corrected chi connectivity index (χ4v) is 3.57. The molecule has 2 N–H and O–H groups in total. The summed E-state index contributed by atoms with van der Waals surface area (Å²) in [4.78, 5) is 14.3. The summed E-state index contributed by atoms with van der Waals surface area (Å²) in [6, 6.07) is 16.3. The van der Waals surface area contributed by atoms with Crippen molar-refractivity contribution in [2.75, 3.05) is 19.0 Å². The van der Waals surface area contributed by atoms with Crippen LogP contribution < -0.4 is 15.4 Å². The van der Waals surface area contributed by atoms with Crippen molar-refractivity contribution >= 4 is 23.4 Å². The molecular weight excluding hydrogens is 320 g/mol. The molecule has 1 amide bonds. The summed E-state index contributed by atoms with van der Waals surface area (Å²) in [5, 5.41) is 6.31. The van der Waals surface area contributed by atoms with E-state index in [1.807, 2.05) is 48.5 Å². The maximum Gasteiger partial charge on any atom is 0.225 e. The maximum atomic E-state index is 12.0. The highest BCUT2D eigenvalue weighted by atomic mass is 32.2. The Morgan fingerprint density at radius 1 is 1.17 bits per heavy atom. The van der Waals surface area contributed by atoms with Gasteiger partial charge in [-0.05, 0) is 67.9 Å². The van der Waals surface area contributed by atoms with Crippen LogP contribution in [0.1, 0.15) is 19.3 Å². The first-order valence-corrected chi connectivity index (χ1v) is 9.00. The zero-order chi connectivity index (χ0) is 16.8. The lowest BCUT2D eigenvalue weighted by Gasteiger charge is -2.11. The van der Waals surface area contributed by atoms with Gasteiger partial charge in [0.2, 0.25) is 5.91 Å². The summed E-state index contributed by atoms with van der Waals surface area (Å²) >= 11 is 1.68. The molecule has 3 rings (SSSR count). The van der Waals surface area contributed by atoms with Gasteiger partial charge in [-0.3, -0.25) is 4.79 Å². The van der Waals surface area contributed by atoms with E-state index in [1.165, 1.54) is 0 Å². The molecule has 0 aromatic heterocycles. The average molecular weight is 342 g/mol. The van der Waals surface area contributed by atoms with Gasteiger partial charge in [0, 0.05) is 27.9 Å². The molecule has 0 spiro atoms. The SMILES string of the molecule is COc1ccc(Sc2ccc(NC(=O)CC3CCCN3)cc2)cc1. The molecule has 0 aliphatic carbocycles. The molecule has 1 fully saturated rings. The van der Waals surface area contributed by atoms with E-state index in [0.717, 1.165) is 40.6 Å². The third kappa shape index (κ3) is 4.76. The number of anilines is 1. The van der Waals surface area contributed by atoms with Crippen LogP contribution in [0.25, 0.3) is 0 Å². The molecule has 2 aromatic rings. The Morgan fingerprint density at radius 3 is 2.42 bits per heavy atom. The number of carbonyl (C=O) groups excluding carboxylic acids is 1. The molecule has 0 radical (unpaired) electrons. The molecule has 1 saturated heterocycles. The Labute approximate surface area is 147 Å². The summed E-state index contributed by atoms with van der Waals surface area (Å²) in [5.41, 5.74) is 0.845. The van der Waals surface area contributed by atoms with Gasteiger partial charge in [-0.15, -0.1) is 0 Å². The van der Waals surface area contributed by atoms with Gasteiger partial charge in [-0.2, -0.15) is 0 Å². The van der Waals surface area contributed by atoms with E-state index in [9.17, 15) is 4.79 Å². The van der Waals surface area contributed by atoms with Crippen LogP contribution in [0.3, 0.4) is 0 Å². The number of hydrogen-bond donors (Lipinski definition) is 2. The zero-order valence-electron chi connectivity index (χ0n) is 13.7. The average Bonchev–Trinajstić information content (AvgIpc) is 3.10. The van der Waals surface area contributed by atoms with Gasteiger partial charge in [0.15, 0.2) is 0 Å². The molecule has 1 aliphatic heterocycles. The fourth-order valence-electron chi connectivity index (χ4n) is 2.75. The molecule has 24 heavy (non-hydrogen) atoms. The number of ether oxygens (including phenoxy) is 1. The van der Waals surface area contributed by atoms with Crippen molar-refractivity contribution in [1.82, 2.24) is 5.32 Å². The van der Waals surface area contributed by atoms with Gasteiger partial charge in [-0.1, -0.05) is 11.8 Å². The van der Waals surface area contributed by atoms with Gasteiger partial charge >= 0.3 is 0 Å². The van der Waals surface area contributed by atoms with E-state index >= 15 is 0 Å². The highest BCUT2D eigenvalue weighted by molar-refractivity contribution is 7.99. The van der Waals surface area contributed by atoms with Crippen molar-refractivity contribution in [2.24, 2.45) is 0 Å². The van der Waals surface area contributed by atoms with Gasteiger partial charge in [0.1, 0.15) is 5.75 Å². The number of hydrogen-bond acceptors (Lipinski definition) is 4. The van der Waals surface area contributed by atoms with Gasteiger partial charge < -0.3 is 15.4 Å². The summed E-state index contributed by atoms with van der Waals surface area (Å²) in [6.07, 6.45) is 2.79. The van der Waals surface area contributed by atoms with Gasteiger partial charge in [0.05, 0.1) is 7.11 Å². The van der Waals surface area contributed by atoms with E-state index < -0.39 is 0 Å². The molecule has 0 bridgehead atoms. The first kappa shape index (κ1) is 16.9. The van der Waals surface area contributed by atoms with E-state index in [4.69, 9.17) is 4.74 Å². The predicted molar refractivity (Wildman–Crippen MR) is 97.8 cm³/mol. The third-order valence-corrected chi connectivity index (χ3v) is 5.04. The van der Waals surface area contributed by atoms with Crippen LogP contribution in [0, 0.1) is 0 Å². The molecule has 1 atom stereocenters. The molecular formula is C19H22N2O2S. The standard InChI is InChI=1S/C19H22N2O2S/c1-23-16-6-10-18(11-7-16)24-17-8-4-14(5-9-17)21-19(22)13-15-3-2-12-20-15/h4-11,15,20H,2-3,12-13H2,1H3,(H,21,22). The largest absolute Gasteiger partial charge is 0.497 e. The highest BCUT2D eigenvalue weighted by Crippen LogP contribution is 2.29. The second-order valence-electron chi connectivity index (χ2n) is 5.85. The number of methoxy groups -OCH3 is 1. The molecule has 1 heterocycles. The normalized spacial score (nSPS) is 16.8. The summed E-state index contributed by atoms with van der Waals surface area (Å²) in [5.74, 6) is 0.930. The predicted octanol–water partition coefficient (Wildman–Crippen LogP) is 3.93. The van der Waals surface area contributed by atoms with Crippen molar-refractivity contribution in [3.05, 3.63) is 48.5 Å². The second kappa shape index (κ2) is 8.22. The Balaban J connectivity index is 1.53. The molecule has 126 valence electrons. The number of nitrogens with one attached hydrogen (secondary N) is 2. The van der Waals surface area contributed by atoms with Crippen LogP contribution >= 0.6 is 11.8 Å². The van der Waals surface area contributed by atoms with Crippen molar-refractivity contribution < 1.29 is 9.53 Å². The quantitative estimate of drug-likeness (QED) is 0.835. The number of carbonyl (C=O) groups is 1. The highest BCUT2D eigenvalue weighted by Gasteiger charge is 2.17. The number of benzene rings is 2. The van der Waals surface area contributed by atoms with Crippen molar-refractivity contribution in [1.29, 1.82) is 0 Å². The molecule has 0 saturated carbocycles. The molecule has 1 unspecified atom stereocenters. The minimum absolute atomic E-state index is 0.0740. The van der Waals surface area contributed by atoms with Crippen molar-refractivity contribution in [3.63, 3.8) is 0 Å². The van der Waals surface area contributed by atoms with Crippen LogP contribution in [-0.4, -0.2) is 25.6 Å².